The molecule has 1 N–H and O–H groups in total. The van der Waals surface area contributed by atoms with Crippen LogP contribution in [0.4, 0.5) is 0 Å². The molecule has 0 saturated heterocycles. The molecule has 0 fully saturated rings. The zero-order valence-electron chi connectivity index (χ0n) is 10.7. The number of thiophene rings is 1. The first-order valence-electron chi connectivity index (χ1n) is 5.87. The van der Waals surface area contributed by atoms with Gasteiger partial charge in [0.25, 0.3) is 0 Å². The second kappa shape index (κ2) is 6.38. The fraction of sp³-hybridized carbons (Fsp3) is 0.692. The molecule has 0 bridgehead atoms. The minimum absolute atomic E-state index is 0.0291. The number of hydrogen-bond donors (Lipinski definition) is 1. The first-order chi connectivity index (χ1) is 7.47. The molecule has 0 saturated carbocycles. The third-order valence-electron chi connectivity index (χ3n) is 2.22. The molecule has 1 rings (SSSR count). The van der Waals surface area contributed by atoms with Crippen LogP contribution in [0.15, 0.2) is 17.5 Å². The van der Waals surface area contributed by atoms with Crippen LogP contribution in [-0.2, 0) is 11.2 Å². The Morgan fingerprint density at radius 2 is 2.19 bits per heavy atom. The molecule has 0 aromatic carbocycles. The Hall–Kier alpha value is -0.380. The predicted molar refractivity (Wildman–Crippen MR) is 71.2 cm³/mol. The summed E-state index contributed by atoms with van der Waals surface area (Å²) < 4.78 is 5.66. The van der Waals surface area contributed by atoms with Crippen molar-refractivity contribution in [3.8, 4) is 0 Å². The van der Waals surface area contributed by atoms with Gasteiger partial charge < -0.3 is 10.1 Å². The van der Waals surface area contributed by atoms with Crippen LogP contribution in [0, 0.1) is 0 Å². The number of nitrogens with one attached hydrogen (secondary N) is 1. The van der Waals surface area contributed by atoms with E-state index in [9.17, 15) is 0 Å². The van der Waals surface area contributed by atoms with Gasteiger partial charge in [-0.05, 0) is 45.6 Å². The van der Waals surface area contributed by atoms with E-state index in [-0.39, 0.29) is 5.60 Å². The monoisotopic (exact) mass is 241 g/mol. The van der Waals surface area contributed by atoms with Gasteiger partial charge in [-0.1, -0.05) is 6.07 Å². The van der Waals surface area contributed by atoms with Gasteiger partial charge in [-0.15, -0.1) is 11.3 Å². The van der Waals surface area contributed by atoms with E-state index in [1.54, 1.807) is 0 Å². The van der Waals surface area contributed by atoms with E-state index in [1.807, 2.05) is 11.3 Å². The lowest BCUT2D eigenvalue weighted by Gasteiger charge is -2.20. The third kappa shape index (κ3) is 6.26. The zero-order chi connectivity index (χ0) is 12.0. The zero-order valence-corrected chi connectivity index (χ0v) is 11.6. The lowest BCUT2D eigenvalue weighted by atomic mass is 10.2. The fourth-order valence-electron chi connectivity index (χ4n) is 1.47. The lowest BCUT2D eigenvalue weighted by Crippen LogP contribution is -2.33. The second-order valence-corrected chi connectivity index (χ2v) is 6.13. The predicted octanol–water partition coefficient (Wildman–Crippen LogP) is 3.08. The van der Waals surface area contributed by atoms with Gasteiger partial charge in [-0.2, -0.15) is 0 Å². The van der Waals surface area contributed by atoms with E-state index >= 15 is 0 Å². The maximum Gasteiger partial charge on any atom is 0.0599 e. The van der Waals surface area contributed by atoms with Crippen molar-refractivity contribution in [3.63, 3.8) is 0 Å². The second-order valence-electron chi connectivity index (χ2n) is 5.10. The molecule has 1 atom stereocenters. The van der Waals surface area contributed by atoms with E-state index in [1.165, 1.54) is 4.88 Å². The Morgan fingerprint density at radius 3 is 2.75 bits per heavy atom. The highest BCUT2D eigenvalue weighted by atomic mass is 32.1. The van der Waals surface area contributed by atoms with Gasteiger partial charge in [-0.25, -0.2) is 0 Å². The summed E-state index contributed by atoms with van der Waals surface area (Å²) in [6, 6.07) is 4.81. The maximum absolute atomic E-state index is 5.66. The summed E-state index contributed by atoms with van der Waals surface area (Å²) in [7, 11) is 0. The molecule has 2 nitrogen and oxygen atoms in total. The van der Waals surface area contributed by atoms with Crippen LogP contribution in [0.1, 0.15) is 32.6 Å². The van der Waals surface area contributed by atoms with E-state index < -0.39 is 0 Å². The summed E-state index contributed by atoms with van der Waals surface area (Å²) in [5.74, 6) is 0. The molecule has 92 valence electrons. The van der Waals surface area contributed by atoms with Crippen molar-refractivity contribution < 1.29 is 4.74 Å². The normalized spacial score (nSPS) is 14.0. The highest BCUT2D eigenvalue weighted by molar-refractivity contribution is 7.09. The SMILES string of the molecule is CC(Cc1cccs1)NCCOC(C)(C)C. The molecule has 0 aliphatic carbocycles. The van der Waals surface area contributed by atoms with Gasteiger partial charge in [0.15, 0.2) is 0 Å². The molecule has 16 heavy (non-hydrogen) atoms. The fourth-order valence-corrected chi connectivity index (χ4v) is 2.30. The van der Waals surface area contributed by atoms with Crippen LogP contribution in [0.3, 0.4) is 0 Å². The minimum Gasteiger partial charge on any atom is -0.375 e. The average molecular weight is 241 g/mol. The van der Waals surface area contributed by atoms with Gasteiger partial charge >= 0.3 is 0 Å². The highest BCUT2D eigenvalue weighted by Crippen LogP contribution is 2.11. The Balaban J connectivity index is 2.09. The largest absolute Gasteiger partial charge is 0.375 e. The quantitative estimate of drug-likeness (QED) is 0.773. The van der Waals surface area contributed by atoms with E-state index in [4.69, 9.17) is 4.74 Å². The Labute approximate surface area is 103 Å². The molecule has 0 amide bonds. The van der Waals surface area contributed by atoms with Crippen molar-refractivity contribution in [1.29, 1.82) is 0 Å². The van der Waals surface area contributed by atoms with E-state index in [0.717, 1.165) is 19.6 Å². The molecule has 0 aliphatic rings. The Morgan fingerprint density at radius 1 is 1.44 bits per heavy atom. The van der Waals surface area contributed by atoms with Gasteiger partial charge in [0.2, 0.25) is 0 Å². The van der Waals surface area contributed by atoms with Gasteiger partial charge in [0.1, 0.15) is 0 Å². The first kappa shape index (κ1) is 13.7. The number of ether oxygens (including phenoxy) is 1. The first-order valence-corrected chi connectivity index (χ1v) is 6.75. The summed E-state index contributed by atoms with van der Waals surface area (Å²) in [4.78, 5) is 1.44. The van der Waals surface area contributed by atoms with E-state index in [2.05, 4.69) is 50.5 Å². The van der Waals surface area contributed by atoms with Crippen LogP contribution in [0.5, 0.6) is 0 Å². The van der Waals surface area contributed by atoms with Crippen molar-refractivity contribution in [2.24, 2.45) is 0 Å². The molecular weight excluding hydrogens is 218 g/mol. The van der Waals surface area contributed by atoms with Crippen LogP contribution < -0.4 is 5.32 Å². The van der Waals surface area contributed by atoms with E-state index in [0.29, 0.717) is 6.04 Å². The lowest BCUT2D eigenvalue weighted by molar-refractivity contribution is -0.00147. The number of hydrogen-bond acceptors (Lipinski definition) is 3. The van der Waals surface area contributed by atoms with Gasteiger partial charge in [-0.3, -0.25) is 0 Å². The smallest absolute Gasteiger partial charge is 0.0599 e. The molecule has 1 heterocycles. The Bertz CT molecular complexity index is 277. The molecule has 3 heteroatoms. The molecule has 0 spiro atoms. The molecule has 0 aliphatic heterocycles. The van der Waals surface area contributed by atoms with Crippen LogP contribution >= 0.6 is 11.3 Å². The summed E-state index contributed by atoms with van der Waals surface area (Å²) in [6.45, 7) is 10.2. The van der Waals surface area contributed by atoms with Crippen molar-refractivity contribution in [1.82, 2.24) is 5.32 Å². The topological polar surface area (TPSA) is 21.3 Å². The molecule has 1 aromatic heterocycles. The molecule has 1 aromatic rings. The van der Waals surface area contributed by atoms with Crippen molar-refractivity contribution >= 4 is 11.3 Å². The number of rotatable bonds is 6. The van der Waals surface area contributed by atoms with Crippen LogP contribution in [0.25, 0.3) is 0 Å². The average Bonchev–Trinajstić information content (AvgIpc) is 2.63. The summed E-state index contributed by atoms with van der Waals surface area (Å²) >= 11 is 1.82. The highest BCUT2D eigenvalue weighted by Gasteiger charge is 2.09. The standard InChI is InChI=1S/C13H23NOS/c1-11(10-12-6-5-9-16-12)14-7-8-15-13(2,3)4/h5-6,9,11,14H,7-8,10H2,1-4H3. The van der Waals surface area contributed by atoms with Crippen molar-refractivity contribution in [3.05, 3.63) is 22.4 Å². The van der Waals surface area contributed by atoms with Crippen LogP contribution in [-0.4, -0.2) is 24.8 Å². The summed E-state index contributed by atoms with van der Waals surface area (Å²) in [5.41, 5.74) is -0.0291. The van der Waals surface area contributed by atoms with Crippen LogP contribution in [0.2, 0.25) is 0 Å². The molecule has 1 unspecified atom stereocenters. The van der Waals surface area contributed by atoms with Crippen molar-refractivity contribution in [2.75, 3.05) is 13.2 Å². The van der Waals surface area contributed by atoms with Gasteiger partial charge in [0, 0.05) is 17.5 Å². The third-order valence-corrected chi connectivity index (χ3v) is 3.12. The molecular formula is C13H23NOS. The maximum atomic E-state index is 5.66. The minimum atomic E-state index is -0.0291. The summed E-state index contributed by atoms with van der Waals surface area (Å²) in [6.07, 6.45) is 1.10. The van der Waals surface area contributed by atoms with Gasteiger partial charge in [0.05, 0.1) is 12.2 Å². The Kier molecular flexibility index (Phi) is 5.46. The van der Waals surface area contributed by atoms with Crippen molar-refractivity contribution in [2.45, 2.75) is 45.8 Å². The molecule has 0 radical (unpaired) electrons. The summed E-state index contributed by atoms with van der Waals surface area (Å²) in [5, 5.41) is 5.60.